The molecular formula is C20H18F2N4O3S. The lowest BCUT2D eigenvalue weighted by Gasteiger charge is -2.34. The van der Waals surface area contributed by atoms with Crippen molar-refractivity contribution in [3.63, 3.8) is 0 Å². The zero-order chi connectivity index (χ0) is 21.1. The number of sulfonamides is 1. The van der Waals surface area contributed by atoms with E-state index in [2.05, 4.69) is 9.97 Å². The molecule has 1 aromatic heterocycles. The van der Waals surface area contributed by atoms with Crippen molar-refractivity contribution < 1.29 is 21.9 Å². The molecule has 0 amide bonds. The molecular weight excluding hydrogens is 414 g/mol. The van der Waals surface area contributed by atoms with Crippen LogP contribution >= 0.6 is 0 Å². The maximum Gasteiger partial charge on any atom is 0.246 e. The molecule has 0 spiro atoms. The molecule has 4 rings (SSSR count). The summed E-state index contributed by atoms with van der Waals surface area (Å²) in [6.07, 6.45) is 1.53. The Hall–Kier alpha value is -3.11. The molecule has 0 bridgehead atoms. The van der Waals surface area contributed by atoms with E-state index in [9.17, 15) is 17.2 Å². The zero-order valence-corrected chi connectivity index (χ0v) is 16.6. The Morgan fingerprint density at radius 2 is 1.60 bits per heavy atom. The molecule has 10 heteroatoms. The van der Waals surface area contributed by atoms with Gasteiger partial charge < -0.3 is 9.64 Å². The van der Waals surface area contributed by atoms with Gasteiger partial charge >= 0.3 is 0 Å². The molecule has 0 aliphatic carbocycles. The number of halogens is 2. The number of nitrogens with zero attached hydrogens (tertiary/aromatic N) is 4. The number of aromatic nitrogens is 2. The highest BCUT2D eigenvalue weighted by molar-refractivity contribution is 7.89. The van der Waals surface area contributed by atoms with Gasteiger partial charge in [0.15, 0.2) is 0 Å². The van der Waals surface area contributed by atoms with Gasteiger partial charge in [-0.2, -0.15) is 9.29 Å². The predicted octanol–water partition coefficient (Wildman–Crippen LogP) is 3.06. The third-order valence-electron chi connectivity index (χ3n) is 4.63. The van der Waals surface area contributed by atoms with Crippen molar-refractivity contribution >= 4 is 16.0 Å². The molecule has 2 aromatic carbocycles. The first kappa shape index (κ1) is 20.2. The molecule has 1 fully saturated rings. The van der Waals surface area contributed by atoms with E-state index in [0.29, 0.717) is 24.8 Å². The minimum Gasteiger partial charge on any atom is -0.439 e. The summed E-state index contributed by atoms with van der Waals surface area (Å²) in [5, 5.41) is 0. The number of rotatable bonds is 5. The fourth-order valence-electron chi connectivity index (χ4n) is 3.09. The van der Waals surface area contributed by atoms with Gasteiger partial charge in [0.2, 0.25) is 21.9 Å². The molecule has 2 heterocycles. The first-order chi connectivity index (χ1) is 14.4. The summed E-state index contributed by atoms with van der Waals surface area (Å²) in [6, 6.07) is 12.5. The molecule has 0 N–H and O–H groups in total. The number of ether oxygens (including phenoxy) is 1. The number of benzene rings is 2. The summed E-state index contributed by atoms with van der Waals surface area (Å²) in [4.78, 5) is 10.1. The number of piperazine rings is 1. The Kier molecular flexibility index (Phi) is 5.60. The second kappa shape index (κ2) is 8.33. The molecule has 30 heavy (non-hydrogen) atoms. The van der Waals surface area contributed by atoms with Crippen molar-refractivity contribution in [2.24, 2.45) is 0 Å². The van der Waals surface area contributed by atoms with Gasteiger partial charge in [0.1, 0.15) is 22.3 Å². The Balaban J connectivity index is 1.44. The van der Waals surface area contributed by atoms with Gasteiger partial charge in [0.05, 0.1) is 0 Å². The average molecular weight is 432 g/mol. The molecule has 0 atom stereocenters. The van der Waals surface area contributed by atoms with Gasteiger partial charge in [-0.3, -0.25) is 0 Å². The normalized spacial score (nSPS) is 15.2. The van der Waals surface area contributed by atoms with E-state index in [4.69, 9.17) is 4.74 Å². The number of hydrogen-bond acceptors (Lipinski definition) is 6. The third-order valence-corrected chi connectivity index (χ3v) is 6.56. The molecule has 3 aromatic rings. The van der Waals surface area contributed by atoms with Gasteiger partial charge in [-0.15, -0.1) is 0 Å². The summed E-state index contributed by atoms with van der Waals surface area (Å²) in [7, 11) is -3.92. The average Bonchev–Trinajstić information content (AvgIpc) is 2.76. The zero-order valence-electron chi connectivity index (χ0n) is 15.8. The van der Waals surface area contributed by atoms with Gasteiger partial charge in [-0.1, -0.05) is 12.1 Å². The predicted molar refractivity (Wildman–Crippen MR) is 106 cm³/mol. The summed E-state index contributed by atoms with van der Waals surface area (Å²) < 4.78 is 59.3. The molecule has 156 valence electrons. The van der Waals surface area contributed by atoms with Crippen LogP contribution in [-0.4, -0.2) is 48.9 Å². The van der Waals surface area contributed by atoms with Crippen LogP contribution in [-0.2, 0) is 10.0 Å². The summed E-state index contributed by atoms with van der Waals surface area (Å²) in [6.45, 7) is 1.02. The van der Waals surface area contributed by atoms with E-state index in [-0.39, 0.29) is 29.7 Å². The molecule has 7 nitrogen and oxygen atoms in total. The highest BCUT2D eigenvalue weighted by atomic mass is 32.2. The monoisotopic (exact) mass is 432 g/mol. The van der Waals surface area contributed by atoms with E-state index in [0.717, 1.165) is 6.07 Å². The molecule has 1 aliphatic rings. The van der Waals surface area contributed by atoms with Crippen molar-refractivity contribution in [1.82, 2.24) is 14.3 Å². The second-order valence-corrected chi connectivity index (χ2v) is 8.48. The third kappa shape index (κ3) is 4.24. The van der Waals surface area contributed by atoms with E-state index in [1.165, 1.54) is 53.0 Å². The quantitative estimate of drug-likeness (QED) is 0.617. The topological polar surface area (TPSA) is 75.6 Å². The van der Waals surface area contributed by atoms with Crippen LogP contribution in [0.4, 0.5) is 14.7 Å². The van der Waals surface area contributed by atoms with Gasteiger partial charge in [-0.05, 0) is 36.4 Å². The van der Waals surface area contributed by atoms with Crippen LogP contribution in [0.1, 0.15) is 0 Å². The van der Waals surface area contributed by atoms with Gasteiger partial charge in [0.25, 0.3) is 0 Å². The van der Waals surface area contributed by atoms with Gasteiger partial charge in [0, 0.05) is 38.4 Å². The second-order valence-electron chi connectivity index (χ2n) is 6.57. The van der Waals surface area contributed by atoms with Crippen molar-refractivity contribution in [3.05, 3.63) is 72.4 Å². The molecule has 0 radical (unpaired) electrons. The minimum absolute atomic E-state index is 0.170. The highest BCUT2D eigenvalue weighted by Gasteiger charge is 2.31. The lowest BCUT2D eigenvalue weighted by Crippen LogP contribution is -2.49. The Morgan fingerprint density at radius 1 is 0.900 bits per heavy atom. The highest BCUT2D eigenvalue weighted by Crippen LogP contribution is 2.24. The van der Waals surface area contributed by atoms with Crippen LogP contribution in [0.3, 0.4) is 0 Å². The van der Waals surface area contributed by atoms with Crippen molar-refractivity contribution in [1.29, 1.82) is 0 Å². The minimum atomic E-state index is -3.92. The van der Waals surface area contributed by atoms with Crippen LogP contribution in [0.2, 0.25) is 0 Å². The number of anilines is 1. The van der Waals surface area contributed by atoms with Crippen LogP contribution in [0.15, 0.2) is 65.7 Å². The van der Waals surface area contributed by atoms with Crippen molar-refractivity contribution in [2.75, 3.05) is 31.1 Å². The molecule has 0 saturated carbocycles. The number of hydrogen-bond donors (Lipinski definition) is 0. The largest absolute Gasteiger partial charge is 0.439 e. The maximum atomic E-state index is 14.0. The summed E-state index contributed by atoms with van der Waals surface area (Å²) in [5.74, 6) is -0.0322. The maximum absolute atomic E-state index is 14.0. The van der Waals surface area contributed by atoms with Crippen LogP contribution in [0, 0.1) is 11.6 Å². The van der Waals surface area contributed by atoms with Crippen LogP contribution < -0.4 is 9.64 Å². The van der Waals surface area contributed by atoms with Crippen LogP contribution in [0.5, 0.6) is 11.6 Å². The standard InChI is InChI=1S/C20H18F2N4O3S/c21-15-5-7-16(8-6-15)29-19-9-10-23-20(24-19)25-11-13-26(14-12-25)30(27,28)18-4-2-1-3-17(18)22/h1-10H,11-14H2. The lowest BCUT2D eigenvalue weighted by molar-refractivity contribution is 0.379. The first-order valence-electron chi connectivity index (χ1n) is 9.19. The first-order valence-corrected chi connectivity index (χ1v) is 10.6. The fourth-order valence-corrected chi connectivity index (χ4v) is 4.57. The SMILES string of the molecule is O=S(=O)(c1ccccc1F)N1CCN(c2nccc(Oc3ccc(F)cc3)n2)CC1. The fraction of sp³-hybridized carbons (Fsp3) is 0.200. The van der Waals surface area contributed by atoms with E-state index in [1.807, 2.05) is 4.90 Å². The molecule has 0 unspecified atom stereocenters. The smallest absolute Gasteiger partial charge is 0.246 e. The van der Waals surface area contributed by atoms with Crippen LogP contribution in [0.25, 0.3) is 0 Å². The van der Waals surface area contributed by atoms with Crippen molar-refractivity contribution in [3.8, 4) is 11.6 Å². The van der Waals surface area contributed by atoms with Gasteiger partial charge in [-0.25, -0.2) is 22.2 Å². The van der Waals surface area contributed by atoms with E-state index >= 15 is 0 Å². The lowest BCUT2D eigenvalue weighted by atomic mass is 10.3. The summed E-state index contributed by atoms with van der Waals surface area (Å²) >= 11 is 0. The molecule has 1 aliphatic heterocycles. The summed E-state index contributed by atoms with van der Waals surface area (Å²) in [5.41, 5.74) is 0. The Bertz CT molecular complexity index is 1130. The Labute approximate surface area is 172 Å². The molecule has 1 saturated heterocycles. The van der Waals surface area contributed by atoms with E-state index in [1.54, 1.807) is 6.07 Å². The van der Waals surface area contributed by atoms with Crippen molar-refractivity contribution in [2.45, 2.75) is 4.90 Å². The Morgan fingerprint density at radius 3 is 2.30 bits per heavy atom. The van der Waals surface area contributed by atoms with E-state index < -0.39 is 15.8 Å².